The van der Waals surface area contributed by atoms with Crippen LogP contribution in [0.25, 0.3) is 0 Å². The van der Waals surface area contributed by atoms with Crippen LogP contribution in [0.5, 0.6) is 0 Å². The SMILES string of the molecule is OC(CC12CC3CC(CC(C3)C1)C2)C(F)(F)F. The van der Waals surface area contributed by atoms with E-state index in [1.807, 2.05) is 0 Å². The van der Waals surface area contributed by atoms with Gasteiger partial charge in [0.25, 0.3) is 0 Å². The summed E-state index contributed by atoms with van der Waals surface area (Å²) in [5.74, 6) is 1.92. The molecule has 98 valence electrons. The van der Waals surface area contributed by atoms with Gasteiger partial charge < -0.3 is 5.11 Å². The van der Waals surface area contributed by atoms with Crippen LogP contribution in [0, 0.1) is 23.2 Å². The van der Waals surface area contributed by atoms with E-state index in [1.165, 1.54) is 19.3 Å². The number of halogens is 3. The Morgan fingerprint density at radius 1 is 1.00 bits per heavy atom. The van der Waals surface area contributed by atoms with Crippen molar-refractivity contribution in [3.8, 4) is 0 Å². The largest absolute Gasteiger partial charge is 0.414 e. The zero-order valence-electron chi connectivity index (χ0n) is 9.84. The van der Waals surface area contributed by atoms with Crippen LogP contribution < -0.4 is 0 Å². The molecule has 0 amide bonds. The van der Waals surface area contributed by atoms with Crippen LogP contribution in [0.1, 0.15) is 44.9 Å². The number of alkyl halides is 3. The van der Waals surface area contributed by atoms with Crippen LogP contribution in [0.2, 0.25) is 0 Å². The van der Waals surface area contributed by atoms with Gasteiger partial charge in [-0.1, -0.05) is 0 Å². The fourth-order valence-corrected chi connectivity index (χ4v) is 5.07. The summed E-state index contributed by atoms with van der Waals surface area (Å²) in [5.41, 5.74) is -0.191. The molecule has 4 bridgehead atoms. The molecule has 4 aliphatic rings. The Morgan fingerprint density at radius 3 is 1.76 bits per heavy atom. The van der Waals surface area contributed by atoms with Gasteiger partial charge in [0.15, 0.2) is 0 Å². The van der Waals surface area contributed by atoms with E-state index in [-0.39, 0.29) is 11.8 Å². The van der Waals surface area contributed by atoms with E-state index >= 15 is 0 Å². The van der Waals surface area contributed by atoms with Gasteiger partial charge in [0.1, 0.15) is 6.10 Å². The first-order valence-electron chi connectivity index (χ1n) is 6.61. The molecule has 0 radical (unpaired) electrons. The Hall–Kier alpha value is -0.250. The third-order valence-corrected chi connectivity index (χ3v) is 5.17. The Kier molecular flexibility index (Phi) is 2.52. The van der Waals surface area contributed by atoms with Crippen molar-refractivity contribution in [2.24, 2.45) is 23.2 Å². The highest BCUT2D eigenvalue weighted by Gasteiger charge is 2.53. The lowest BCUT2D eigenvalue weighted by atomic mass is 9.48. The molecule has 0 aromatic rings. The Bertz CT molecular complexity index is 275. The van der Waals surface area contributed by atoms with Crippen LogP contribution >= 0.6 is 0 Å². The lowest BCUT2D eigenvalue weighted by Crippen LogP contribution is -2.48. The van der Waals surface area contributed by atoms with Crippen molar-refractivity contribution in [1.82, 2.24) is 0 Å². The maximum absolute atomic E-state index is 12.5. The summed E-state index contributed by atoms with van der Waals surface area (Å²) in [5, 5.41) is 9.32. The van der Waals surface area contributed by atoms with Gasteiger partial charge in [0.05, 0.1) is 0 Å². The molecule has 4 saturated carbocycles. The average Bonchev–Trinajstić information content (AvgIpc) is 2.12. The molecule has 1 unspecified atom stereocenters. The summed E-state index contributed by atoms with van der Waals surface area (Å²) in [6.45, 7) is 0. The van der Waals surface area contributed by atoms with E-state index in [2.05, 4.69) is 0 Å². The molecular formula is C13H19F3O. The van der Waals surface area contributed by atoms with E-state index in [1.54, 1.807) is 0 Å². The summed E-state index contributed by atoms with van der Waals surface area (Å²) in [6, 6.07) is 0. The first kappa shape index (κ1) is 11.8. The molecule has 4 aliphatic carbocycles. The average molecular weight is 248 g/mol. The first-order valence-corrected chi connectivity index (χ1v) is 6.61. The van der Waals surface area contributed by atoms with Crippen molar-refractivity contribution in [2.75, 3.05) is 0 Å². The Morgan fingerprint density at radius 2 is 1.41 bits per heavy atom. The third-order valence-electron chi connectivity index (χ3n) is 5.17. The monoisotopic (exact) mass is 248 g/mol. The van der Waals surface area contributed by atoms with Crippen molar-refractivity contribution in [3.05, 3.63) is 0 Å². The van der Waals surface area contributed by atoms with Crippen LogP contribution in [0.4, 0.5) is 13.2 Å². The zero-order valence-corrected chi connectivity index (χ0v) is 9.84. The van der Waals surface area contributed by atoms with Gasteiger partial charge in [-0.3, -0.25) is 0 Å². The molecule has 0 heterocycles. The van der Waals surface area contributed by atoms with Gasteiger partial charge >= 0.3 is 6.18 Å². The summed E-state index contributed by atoms with van der Waals surface area (Å²) in [6.07, 6.45) is -0.170. The van der Waals surface area contributed by atoms with Crippen molar-refractivity contribution in [1.29, 1.82) is 0 Å². The minimum absolute atomic E-state index is 0.0556. The van der Waals surface area contributed by atoms with E-state index in [0.717, 1.165) is 19.3 Å². The minimum Gasteiger partial charge on any atom is -0.384 e. The van der Waals surface area contributed by atoms with Crippen molar-refractivity contribution in [2.45, 2.75) is 57.2 Å². The second kappa shape index (κ2) is 3.62. The molecule has 0 aromatic carbocycles. The highest BCUT2D eigenvalue weighted by atomic mass is 19.4. The zero-order chi connectivity index (χ0) is 12.3. The smallest absolute Gasteiger partial charge is 0.384 e. The molecule has 0 saturated heterocycles. The molecule has 4 fully saturated rings. The van der Waals surface area contributed by atoms with Crippen LogP contribution in [0.15, 0.2) is 0 Å². The minimum atomic E-state index is -4.44. The molecule has 17 heavy (non-hydrogen) atoms. The Labute approximate surface area is 99.4 Å². The molecule has 4 heteroatoms. The molecule has 0 aliphatic heterocycles. The summed E-state index contributed by atoms with van der Waals surface area (Å²) in [7, 11) is 0. The van der Waals surface area contributed by atoms with Gasteiger partial charge in [-0.25, -0.2) is 0 Å². The fraction of sp³-hybridized carbons (Fsp3) is 1.00. The highest BCUT2D eigenvalue weighted by molar-refractivity contribution is 5.02. The molecule has 4 rings (SSSR count). The number of rotatable bonds is 2. The van der Waals surface area contributed by atoms with E-state index in [9.17, 15) is 18.3 Å². The van der Waals surface area contributed by atoms with Crippen LogP contribution in [-0.4, -0.2) is 17.4 Å². The van der Waals surface area contributed by atoms with Gasteiger partial charge in [0, 0.05) is 0 Å². The maximum atomic E-state index is 12.5. The topological polar surface area (TPSA) is 20.2 Å². The van der Waals surface area contributed by atoms with Crippen LogP contribution in [-0.2, 0) is 0 Å². The molecule has 1 N–H and O–H groups in total. The lowest BCUT2D eigenvalue weighted by molar-refractivity contribution is -0.221. The number of aliphatic hydroxyl groups is 1. The number of aliphatic hydroxyl groups excluding tert-OH is 1. The predicted octanol–water partition coefficient (Wildman–Crippen LogP) is 3.52. The molecule has 0 spiro atoms. The number of hydrogen-bond acceptors (Lipinski definition) is 1. The molecular weight excluding hydrogens is 229 g/mol. The third kappa shape index (κ3) is 2.09. The van der Waals surface area contributed by atoms with Gasteiger partial charge in [-0.15, -0.1) is 0 Å². The van der Waals surface area contributed by atoms with Crippen molar-refractivity contribution < 1.29 is 18.3 Å². The highest BCUT2D eigenvalue weighted by Crippen LogP contribution is 2.62. The molecule has 1 nitrogen and oxygen atoms in total. The maximum Gasteiger partial charge on any atom is 0.414 e. The van der Waals surface area contributed by atoms with E-state index < -0.39 is 12.3 Å². The van der Waals surface area contributed by atoms with Gasteiger partial charge in [-0.05, 0) is 68.1 Å². The van der Waals surface area contributed by atoms with E-state index in [0.29, 0.717) is 17.8 Å². The second-order valence-corrected chi connectivity index (χ2v) is 6.68. The molecule has 1 atom stereocenters. The normalized spacial score (nSPS) is 46.2. The second-order valence-electron chi connectivity index (χ2n) is 6.68. The first-order chi connectivity index (χ1) is 7.86. The fourth-order valence-electron chi connectivity index (χ4n) is 5.07. The van der Waals surface area contributed by atoms with Gasteiger partial charge in [0.2, 0.25) is 0 Å². The van der Waals surface area contributed by atoms with Crippen molar-refractivity contribution in [3.63, 3.8) is 0 Å². The summed E-state index contributed by atoms with van der Waals surface area (Å²) in [4.78, 5) is 0. The number of hydrogen-bond donors (Lipinski definition) is 1. The summed E-state index contributed by atoms with van der Waals surface area (Å²) < 4.78 is 37.5. The predicted molar refractivity (Wildman–Crippen MR) is 57.3 cm³/mol. The van der Waals surface area contributed by atoms with Gasteiger partial charge in [-0.2, -0.15) is 13.2 Å². The quantitative estimate of drug-likeness (QED) is 0.792. The van der Waals surface area contributed by atoms with Crippen LogP contribution in [0.3, 0.4) is 0 Å². The summed E-state index contributed by atoms with van der Waals surface area (Å²) >= 11 is 0. The van der Waals surface area contributed by atoms with Crippen molar-refractivity contribution >= 4 is 0 Å². The molecule has 0 aromatic heterocycles. The standard InChI is InChI=1S/C13H19F3O/c14-13(15,16)11(17)7-12-4-8-1-9(5-12)3-10(2-8)6-12/h8-11,17H,1-7H2. The Balaban J connectivity index is 1.74. The lowest BCUT2D eigenvalue weighted by Gasteiger charge is -2.57. The van der Waals surface area contributed by atoms with E-state index in [4.69, 9.17) is 0 Å².